The van der Waals surface area contributed by atoms with Gasteiger partial charge >= 0.3 is 5.97 Å². The molecule has 6 rings (SSSR count). The highest BCUT2D eigenvalue weighted by Gasteiger charge is 2.52. The summed E-state index contributed by atoms with van der Waals surface area (Å²) in [5, 5.41) is 0. The Morgan fingerprint density at radius 2 is 1.36 bits per heavy atom. The predicted molar refractivity (Wildman–Crippen MR) is 159 cm³/mol. The fraction of sp³-hybridized carbons (Fsp3) is 0.314. The average Bonchev–Trinajstić information content (AvgIpc) is 3.09. The summed E-state index contributed by atoms with van der Waals surface area (Å²) >= 11 is 0. The molecule has 4 aromatic rings. The van der Waals surface area contributed by atoms with Gasteiger partial charge in [-0.05, 0) is 23.3 Å². The van der Waals surface area contributed by atoms with Gasteiger partial charge in [0, 0.05) is 5.56 Å². The van der Waals surface area contributed by atoms with E-state index in [-0.39, 0.29) is 18.9 Å². The molecule has 1 unspecified atom stereocenters. The van der Waals surface area contributed by atoms with Crippen LogP contribution in [0.1, 0.15) is 39.2 Å². The molecule has 0 radical (unpaired) electrons. The van der Waals surface area contributed by atoms with E-state index in [2.05, 4.69) is 4.98 Å². The number of aromatic nitrogens is 1. The molecule has 0 amide bonds. The van der Waals surface area contributed by atoms with Crippen molar-refractivity contribution in [2.24, 2.45) is 0 Å². The van der Waals surface area contributed by atoms with Gasteiger partial charge in [0.25, 0.3) is 0 Å². The van der Waals surface area contributed by atoms with Crippen LogP contribution in [-0.4, -0.2) is 55.4 Å². The molecule has 0 N–H and O–H groups in total. The first kappa shape index (κ1) is 30.1. The molecule has 2 saturated heterocycles. The average molecular weight is 598 g/mol. The van der Waals surface area contributed by atoms with E-state index in [4.69, 9.17) is 33.2 Å². The molecule has 2 fully saturated rings. The predicted octanol–water partition coefficient (Wildman–Crippen LogP) is 5.39. The van der Waals surface area contributed by atoms with E-state index in [0.717, 1.165) is 16.7 Å². The molecule has 3 aromatic carbocycles. The maximum absolute atomic E-state index is 12.0. The van der Waals surface area contributed by atoms with Crippen molar-refractivity contribution in [3.8, 4) is 0 Å². The Balaban J connectivity index is 1.27. The Labute approximate surface area is 256 Å². The molecule has 44 heavy (non-hydrogen) atoms. The molecule has 2 aliphatic rings. The minimum absolute atomic E-state index is 0.0673. The third-order valence-corrected chi connectivity index (χ3v) is 7.52. The summed E-state index contributed by atoms with van der Waals surface area (Å²) in [6.07, 6.45) is -3.64. The number of pyridine rings is 1. The molecular formula is C35H35NO8. The number of fused-ring (bicyclic) bond motifs is 1. The maximum atomic E-state index is 12.0. The number of hydrogen-bond acceptors (Lipinski definition) is 9. The minimum Gasteiger partial charge on any atom is -0.464 e. The van der Waals surface area contributed by atoms with Crippen LogP contribution in [0, 0.1) is 0 Å². The molecule has 228 valence electrons. The van der Waals surface area contributed by atoms with Gasteiger partial charge in [-0.15, -0.1) is 0 Å². The van der Waals surface area contributed by atoms with Crippen LogP contribution in [0.25, 0.3) is 0 Å². The first-order chi connectivity index (χ1) is 21.7. The van der Waals surface area contributed by atoms with Crippen LogP contribution in [0.3, 0.4) is 0 Å². The Hall–Kier alpha value is -3.96. The molecule has 0 spiro atoms. The third-order valence-electron chi connectivity index (χ3n) is 7.52. The number of hydrogen-bond donors (Lipinski definition) is 0. The highest BCUT2D eigenvalue weighted by molar-refractivity contribution is 5.87. The zero-order valence-electron chi connectivity index (χ0n) is 24.4. The van der Waals surface area contributed by atoms with Gasteiger partial charge in [0.1, 0.15) is 30.1 Å². The normalized spacial score (nSPS) is 24.8. The van der Waals surface area contributed by atoms with Gasteiger partial charge in [0.15, 0.2) is 12.6 Å². The molecule has 9 nitrogen and oxygen atoms in total. The Kier molecular flexibility index (Phi) is 10.0. The van der Waals surface area contributed by atoms with Crippen molar-refractivity contribution in [3.05, 3.63) is 137 Å². The first-order valence-electron chi connectivity index (χ1n) is 14.6. The first-order valence-corrected chi connectivity index (χ1v) is 14.6. The summed E-state index contributed by atoms with van der Waals surface area (Å²) in [7, 11) is 1.32. The van der Waals surface area contributed by atoms with E-state index >= 15 is 0 Å². The second kappa shape index (κ2) is 14.7. The molecule has 0 bridgehead atoms. The van der Waals surface area contributed by atoms with Crippen molar-refractivity contribution in [1.82, 2.24) is 4.98 Å². The van der Waals surface area contributed by atoms with Crippen LogP contribution in [0.4, 0.5) is 0 Å². The van der Waals surface area contributed by atoms with E-state index in [9.17, 15) is 4.79 Å². The summed E-state index contributed by atoms with van der Waals surface area (Å²) in [5.74, 6) is -0.522. The van der Waals surface area contributed by atoms with Crippen molar-refractivity contribution in [2.75, 3.05) is 13.7 Å². The molecule has 6 atom stereocenters. The topological polar surface area (TPSA) is 94.6 Å². The second-order valence-corrected chi connectivity index (χ2v) is 10.6. The number of carbonyl (C=O) groups excluding carboxylic acids is 1. The van der Waals surface area contributed by atoms with Crippen LogP contribution in [0.15, 0.2) is 109 Å². The molecular weight excluding hydrogens is 562 g/mol. The number of esters is 1. The Morgan fingerprint density at radius 1 is 0.727 bits per heavy atom. The van der Waals surface area contributed by atoms with E-state index in [1.807, 2.05) is 91.0 Å². The van der Waals surface area contributed by atoms with E-state index < -0.39 is 43.0 Å². The molecule has 0 saturated carbocycles. The number of methoxy groups -OCH3 is 1. The summed E-state index contributed by atoms with van der Waals surface area (Å²) in [6, 6.07) is 34.8. The quantitative estimate of drug-likeness (QED) is 0.211. The molecule has 2 aliphatic heterocycles. The van der Waals surface area contributed by atoms with E-state index in [1.165, 1.54) is 7.11 Å². The third kappa shape index (κ3) is 7.39. The van der Waals surface area contributed by atoms with E-state index in [0.29, 0.717) is 18.9 Å². The highest BCUT2D eigenvalue weighted by Crippen LogP contribution is 2.37. The Bertz CT molecular complexity index is 1470. The maximum Gasteiger partial charge on any atom is 0.356 e. The smallest absolute Gasteiger partial charge is 0.356 e. The lowest BCUT2D eigenvalue weighted by molar-refractivity contribution is -0.374. The number of ether oxygens (including phenoxy) is 7. The van der Waals surface area contributed by atoms with Crippen molar-refractivity contribution in [3.63, 3.8) is 0 Å². The van der Waals surface area contributed by atoms with Gasteiger partial charge in [-0.2, -0.15) is 0 Å². The number of carbonyl (C=O) groups is 1. The molecule has 3 heterocycles. The summed E-state index contributed by atoms with van der Waals surface area (Å²) < 4.78 is 43.5. The van der Waals surface area contributed by atoms with Crippen LogP contribution in [0.2, 0.25) is 0 Å². The summed E-state index contributed by atoms with van der Waals surface area (Å²) in [4.78, 5) is 16.4. The van der Waals surface area contributed by atoms with Crippen LogP contribution >= 0.6 is 0 Å². The zero-order valence-corrected chi connectivity index (χ0v) is 24.4. The number of benzene rings is 3. The number of nitrogens with zero attached hydrogens (tertiary/aromatic N) is 1. The lowest BCUT2D eigenvalue weighted by atomic mass is 9.97. The minimum atomic E-state index is -0.843. The SMILES string of the molecule is COC(=O)c1cccc(CO[C@H]2O[C@@H]3COC(c4ccccc4)O[C@H]3[C@H](OCc3ccccc3)[C@@H]2OCc2ccccc2)n1. The van der Waals surface area contributed by atoms with Crippen molar-refractivity contribution in [2.45, 2.75) is 56.8 Å². The summed E-state index contributed by atoms with van der Waals surface area (Å²) in [6.45, 7) is 0.996. The highest BCUT2D eigenvalue weighted by atomic mass is 16.8. The van der Waals surface area contributed by atoms with Crippen molar-refractivity contribution < 1.29 is 38.0 Å². The van der Waals surface area contributed by atoms with Gasteiger partial charge in [-0.3, -0.25) is 0 Å². The van der Waals surface area contributed by atoms with Crippen LogP contribution < -0.4 is 0 Å². The van der Waals surface area contributed by atoms with Crippen LogP contribution in [0.5, 0.6) is 0 Å². The standard InChI is InChI=1S/C35H35NO8/c1-38-33(37)28-19-11-18-27(36-28)22-41-35-32(40-21-25-14-7-3-8-15-25)31(39-20-24-12-5-2-6-13-24)30-29(43-35)23-42-34(44-30)26-16-9-4-10-17-26/h2-19,29-32,34-35H,20-23H2,1H3/t29-,30-,31+,32+,34?,35+/m1/s1. The van der Waals surface area contributed by atoms with Gasteiger partial charge in [0.05, 0.1) is 39.2 Å². The van der Waals surface area contributed by atoms with Gasteiger partial charge in [0.2, 0.25) is 0 Å². The molecule has 0 aliphatic carbocycles. The molecule has 9 heteroatoms. The Morgan fingerprint density at radius 3 is 2.02 bits per heavy atom. The van der Waals surface area contributed by atoms with Gasteiger partial charge in [-0.1, -0.05) is 97.1 Å². The molecule has 1 aromatic heterocycles. The van der Waals surface area contributed by atoms with Crippen molar-refractivity contribution in [1.29, 1.82) is 0 Å². The fourth-order valence-corrected chi connectivity index (χ4v) is 5.31. The second-order valence-electron chi connectivity index (χ2n) is 10.6. The fourth-order valence-electron chi connectivity index (χ4n) is 5.31. The van der Waals surface area contributed by atoms with Gasteiger partial charge in [-0.25, -0.2) is 9.78 Å². The lowest BCUT2D eigenvalue weighted by Crippen LogP contribution is -2.63. The number of rotatable bonds is 11. The van der Waals surface area contributed by atoms with Gasteiger partial charge < -0.3 is 33.2 Å². The van der Waals surface area contributed by atoms with E-state index in [1.54, 1.807) is 18.2 Å². The lowest BCUT2D eigenvalue weighted by Gasteiger charge is -2.49. The zero-order chi connectivity index (χ0) is 30.1. The van der Waals surface area contributed by atoms with Crippen LogP contribution in [-0.2, 0) is 53.0 Å². The largest absolute Gasteiger partial charge is 0.464 e. The summed E-state index contributed by atoms with van der Waals surface area (Å²) in [5.41, 5.74) is 3.66. The van der Waals surface area contributed by atoms with Crippen molar-refractivity contribution >= 4 is 5.97 Å². The monoisotopic (exact) mass is 597 g/mol.